The zero-order chi connectivity index (χ0) is 14.8. The molecule has 1 aromatic heterocycles. The Labute approximate surface area is 118 Å². The summed E-state index contributed by atoms with van der Waals surface area (Å²) in [5, 5.41) is 21.3. The summed E-state index contributed by atoms with van der Waals surface area (Å²) < 4.78 is 7.07. The summed E-state index contributed by atoms with van der Waals surface area (Å²) in [6.07, 6.45) is 4.50. The van der Waals surface area contributed by atoms with E-state index in [1.165, 1.54) is 4.68 Å². The van der Waals surface area contributed by atoms with Gasteiger partial charge in [-0.05, 0) is 42.5 Å². The van der Waals surface area contributed by atoms with Crippen molar-refractivity contribution in [3.63, 3.8) is 0 Å². The topological polar surface area (TPSA) is 90.1 Å². The molecule has 0 bridgehead atoms. The molecule has 0 spiro atoms. The lowest BCUT2D eigenvalue weighted by Gasteiger charge is -2.40. The Balaban J connectivity index is 2.34. The summed E-state index contributed by atoms with van der Waals surface area (Å²) in [6.45, 7) is 3.69. The van der Waals surface area contributed by atoms with Gasteiger partial charge in [-0.2, -0.15) is 0 Å². The number of hydrogen-bond acceptors (Lipinski definition) is 5. The molecule has 1 saturated carbocycles. The van der Waals surface area contributed by atoms with Crippen LogP contribution in [0, 0.1) is 0 Å². The van der Waals surface area contributed by atoms with Crippen molar-refractivity contribution in [2.24, 2.45) is 0 Å². The Bertz CT molecular complexity index is 472. The van der Waals surface area contributed by atoms with Crippen molar-refractivity contribution in [2.45, 2.75) is 63.5 Å². The van der Waals surface area contributed by atoms with Crippen molar-refractivity contribution in [3.8, 4) is 0 Å². The van der Waals surface area contributed by atoms with E-state index in [4.69, 9.17) is 4.74 Å². The molecule has 1 N–H and O–H groups in total. The highest BCUT2D eigenvalue weighted by atomic mass is 16.5. The molecule has 1 aromatic rings. The quantitative estimate of drug-likeness (QED) is 0.812. The van der Waals surface area contributed by atoms with Crippen LogP contribution >= 0.6 is 0 Å². The van der Waals surface area contributed by atoms with Gasteiger partial charge in [0, 0.05) is 13.5 Å². The zero-order valence-corrected chi connectivity index (χ0v) is 12.3. The van der Waals surface area contributed by atoms with Crippen LogP contribution in [0.25, 0.3) is 0 Å². The van der Waals surface area contributed by atoms with E-state index >= 15 is 0 Å². The third-order valence-corrected chi connectivity index (χ3v) is 4.69. The van der Waals surface area contributed by atoms with E-state index in [9.17, 15) is 9.90 Å². The van der Waals surface area contributed by atoms with Crippen LogP contribution in [0.3, 0.4) is 0 Å². The number of aliphatic carboxylic acids is 1. The fourth-order valence-electron chi connectivity index (χ4n) is 2.90. The van der Waals surface area contributed by atoms with Gasteiger partial charge in [-0.1, -0.05) is 13.8 Å². The molecule has 2 rings (SSSR count). The first kappa shape index (κ1) is 14.9. The highest BCUT2D eigenvalue weighted by Crippen LogP contribution is 2.38. The predicted octanol–water partition coefficient (Wildman–Crippen LogP) is 1.38. The minimum absolute atomic E-state index is 0.224. The van der Waals surface area contributed by atoms with Crippen LogP contribution in [0.15, 0.2) is 0 Å². The standard InChI is InChI=1S/C13H22N4O3/c1-4-13(5-2,11(18)19)17-10(14-15-16-17)9-12(20-3)7-6-8-12/h4-9H2,1-3H3,(H,18,19). The molecule has 0 atom stereocenters. The zero-order valence-electron chi connectivity index (χ0n) is 12.3. The fourth-order valence-corrected chi connectivity index (χ4v) is 2.90. The van der Waals surface area contributed by atoms with Gasteiger partial charge < -0.3 is 9.84 Å². The van der Waals surface area contributed by atoms with Crippen LogP contribution in [0.4, 0.5) is 0 Å². The maximum atomic E-state index is 11.7. The van der Waals surface area contributed by atoms with E-state index in [1.54, 1.807) is 7.11 Å². The second-order valence-corrected chi connectivity index (χ2v) is 5.47. The fraction of sp³-hybridized carbons (Fsp3) is 0.846. The van der Waals surface area contributed by atoms with Gasteiger partial charge in [-0.25, -0.2) is 9.48 Å². The maximum absolute atomic E-state index is 11.7. The lowest BCUT2D eigenvalue weighted by molar-refractivity contribution is -0.149. The van der Waals surface area contributed by atoms with E-state index < -0.39 is 11.5 Å². The Kier molecular flexibility index (Phi) is 4.08. The van der Waals surface area contributed by atoms with Gasteiger partial charge in [-0.15, -0.1) is 5.10 Å². The molecule has 1 fully saturated rings. The molecule has 0 saturated heterocycles. The van der Waals surface area contributed by atoms with Crippen molar-refractivity contribution >= 4 is 5.97 Å². The van der Waals surface area contributed by atoms with Crippen LogP contribution in [0.2, 0.25) is 0 Å². The molecule has 112 valence electrons. The van der Waals surface area contributed by atoms with Gasteiger partial charge in [0.2, 0.25) is 0 Å². The first-order valence-corrected chi connectivity index (χ1v) is 7.10. The van der Waals surface area contributed by atoms with Crippen molar-refractivity contribution in [1.82, 2.24) is 20.2 Å². The normalized spacial score (nSPS) is 17.8. The summed E-state index contributed by atoms with van der Waals surface area (Å²) in [4.78, 5) is 11.7. The molecule has 20 heavy (non-hydrogen) atoms. The third-order valence-electron chi connectivity index (χ3n) is 4.69. The van der Waals surface area contributed by atoms with Gasteiger partial charge in [-0.3, -0.25) is 0 Å². The van der Waals surface area contributed by atoms with Crippen molar-refractivity contribution in [2.75, 3.05) is 7.11 Å². The Hall–Kier alpha value is -1.50. The second-order valence-electron chi connectivity index (χ2n) is 5.47. The van der Waals surface area contributed by atoms with Gasteiger partial charge in [0.25, 0.3) is 0 Å². The van der Waals surface area contributed by atoms with Crippen LogP contribution in [0.5, 0.6) is 0 Å². The van der Waals surface area contributed by atoms with E-state index in [2.05, 4.69) is 15.5 Å². The number of ether oxygens (including phenoxy) is 1. The maximum Gasteiger partial charge on any atom is 0.331 e. The number of rotatable bonds is 7. The van der Waals surface area contributed by atoms with Gasteiger partial charge in [0.1, 0.15) is 0 Å². The van der Waals surface area contributed by atoms with Gasteiger partial charge >= 0.3 is 5.97 Å². The summed E-state index contributed by atoms with van der Waals surface area (Å²) >= 11 is 0. The van der Waals surface area contributed by atoms with Crippen molar-refractivity contribution in [3.05, 3.63) is 5.82 Å². The highest BCUT2D eigenvalue weighted by molar-refractivity contribution is 5.76. The predicted molar refractivity (Wildman–Crippen MR) is 71.3 cm³/mol. The molecule has 0 unspecified atom stereocenters. The summed E-state index contributed by atoms with van der Waals surface area (Å²) in [5.74, 6) is -0.297. The second kappa shape index (κ2) is 5.47. The number of aromatic nitrogens is 4. The Morgan fingerprint density at radius 3 is 2.50 bits per heavy atom. The van der Waals surface area contributed by atoms with Crippen LogP contribution < -0.4 is 0 Å². The monoisotopic (exact) mass is 282 g/mol. The minimum atomic E-state index is -1.07. The number of hydrogen-bond donors (Lipinski definition) is 1. The van der Waals surface area contributed by atoms with E-state index in [1.807, 2.05) is 13.8 Å². The Morgan fingerprint density at radius 1 is 1.45 bits per heavy atom. The number of carboxylic acids is 1. The van der Waals surface area contributed by atoms with Crippen LogP contribution in [-0.4, -0.2) is 44.0 Å². The number of carbonyl (C=O) groups is 1. The molecule has 7 heteroatoms. The van der Waals surface area contributed by atoms with Crippen LogP contribution in [0.1, 0.15) is 51.8 Å². The first-order chi connectivity index (χ1) is 9.53. The Morgan fingerprint density at radius 2 is 2.10 bits per heavy atom. The van der Waals surface area contributed by atoms with Gasteiger partial charge in [0.15, 0.2) is 11.4 Å². The highest BCUT2D eigenvalue weighted by Gasteiger charge is 2.44. The van der Waals surface area contributed by atoms with Gasteiger partial charge in [0.05, 0.1) is 5.60 Å². The SMILES string of the molecule is CCC(CC)(C(=O)O)n1nnnc1CC1(OC)CCC1. The third kappa shape index (κ3) is 2.19. The molecule has 0 amide bonds. The molecule has 0 aliphatic heterocycles. The molecular formula is C13H22N4O3. The average molecular weight is 282 g/mol. The largest absolute Gasteiger partial charge is 0.479 e. The summed E-state index contributed by atoms with van der Waals surface area (Å²) in [7, 11) is 1.69. The van der Waals surface area contributed by atoms with E-state index in [-0.39, 0.29) is 5.60 Å². The van der Waals surface area contributed by atoms with Crippen molar-refractivity contribution < 1.29 is 14.6 Å². The van der Waals surface area contributed by atoms with Crippen molar-refractivity contribution in [1.29, 1.82) is 0 Å². The lowest BCUT2D eigenvalue weighted by atomic mass is 9.77. The number of carboxylic acid groups (broad SMARTS) is 1. The molecule has 7 nitrogen and oxygen atoms in total. The van der Waals surface area contributed by atoms with Crippen LogP contribution in [-0.2, 0) is 21.5 Å². The summed E-state index contributed by atoms with van der Waals surface area (Å²) in [6, 6.07) is 0. The van der Waals surface area contributed by atoms with E-state index in [0.717, 1.165) is 19.3 Å². The molecule has 1 aliphatic rings. The lowest BCUT2D eigenvalue weighted by Crippen LogP contribution is -2.46. The molecule has 0 radical (unpaired) electrons. The van der Waals surface area contributed by atoms with E-state index in [0.29, 0.717) is 25.1 Å². The molecule has 0 aromatic carbocycles. The number of tetrazole rings is 1. The minimum Gasteiger partial charge on any atom is -0.479 e. The summed E-state index contributed by atoms with van der Waals surface area (Å²) in [5.41, 5.74) is -1.30. The number of methoxy groups -OCH3 is 1. The first-order valence-electron chi connectivity index (χ1n) is 7.10. The number of nitrogens with zero attached hydrogens (tertiary/aromatic N) is 4. The molecule has 1 heterocycles. The molecule has 1 aliphatic carbocycles. The molecular weight excluding hydrogens is 260 g/mol. The average Bonchev–Trinajstić information content (AvgIpc) is 2.84. The smallest absolute Gasteiger partial charge is 0.331 e.